The summed E-state index contributed by atoms with van der Waals surface area (Å²) in [6.07, 6.45) is 2.59. The number of hydrogen-bond donors (Lipinski definition) is 1. The van der Waals surface area contributed by atoms with Crippen LogP contribution in [0.15, 0.2) is 48.5 Å². The molecule has 3 nitrogen and oxygen atoms in total. The topological polar surface area (TPSA) is 54.4 Å². The molecule has 2 aromatic carbocycles. The Labute approximate surface area is 166 Å². The molecule has 1 N–H and O–H groups in total. The number of carbonyl (C=O) groups excluding carboxylic acids is 1. The number of carboxylic acid groups (broad SMARTS) is 1. The van der Waals surface area contributed by atoms with Crippen molar-refractivity contribution in [2.45, 2.75) is 45.4 Å². The van der Waals surface area contributed by atoms with Crippen LogP contribution in [0.5, 0.6) is 0 Å². The second-order valence-electron chi connectivity index (χ2n) is 8.66. The third-order valence-corrected chi connectivity index (χ3v) is 6.60. The minimum Gasteiger partial charge on any atom is -0.478 e. The molecular formula is C25H26O3. The van der Waals surface area contributed by atoms with Crippen LogP contribution in [0.25, 0.3) is 11.6 Å². The van der Waals surface area contributed by atoms with E-state index in [9.17, 15) is 9.59 Å². The van der Waals surface area contributed by atoms with Gasteiger partial charge in [0, 0.05) is 11.6 Å². The maximum Gasteiger partial charge on any atom is 0.328 e. The van der Waals surface area contributed by atoms with Crippen molar-refractivity contribution in [2.24, 2.45) is 5.92 Å². The van der Waals surface area contributed by atoms with Gasteiger partial charge in [-0.3, -0.25) is 0 Å². The van der Waals surface area contributed by atoms with Gasteiger partial charge in [-0.1, -0.05) is 71.0 Å². The summed E-state index contributed by atoms with van der Waals surface area (Å²) in [7, 11) is 0. The molecular weight excluding hydrogens is 348 g/mol. The smallest absolute Gasteiger partial charge is 0.328 e. The van der Waals surface area contributed by atoms with E-state index in [4.69, 9.17) is 5.11 Å². The summed E-state index contributed by atoms with van der Waals surface area (Å²) in [4.78, 5) is 22.9. The number of aliphatic carboxylic acids is 1. The highest BCUT2D eigenvalue weighted by atomic mass is 16.4. The Morgan fingerprint density at radius 2 is 1.68 bits per heavy atom. The first-order valence-corrected chi connectivity index (χ1v) is 9.51. The van der Waals surface area contributed by atoms with Crippen molar-refractivity contribution in [3.8, 4) is 0 Å². The number of fused-ring (bicyclic) bond motifs is 1. The Hall–Kier alpha value is -2.90. The molecule has 3 heteroatoms. The molecule has 0 amide bonds. The minimum atomic E-state index is -1.03. The SMILES string of the molecule is CC1C(C)(C)c2ccc(C(=C=O)c3ccccc3/C=C/C(=O)O)cc2C1(C)C. The predicted molar refractivity (Wildman–Crippen MR) is 113 cm³/mol. The lowest BCUT2D eigenvalue weighted by Crippen LogP contribution is -2.30. The van der Waals surface area contributed by atoms with Crippen molar-refractivity contribution in [3.63, 3.8) is 0 Å². The average Bonchev–Trinajstić information content (AvgIpc) is 2.79. The summed E-state index contributed by atoms with van der Waals surface area (Å²) in [5, 5.41) is 8.94. The van der Waals surface area contributed by atoms with Gasteiger partial charge in [-0.25, -0.2) is 9.59 Å². The number of rotatable bonds is 4. The van der Waals surface area contributed by atoms with Crippen LogP contribution in [0.2, 0.25) is 0 Å². The van der Waals surface area contributed by atoms with E-state index >= 15 is 0 Å². The molecule has 1 aliphatic carbocycles. The second-order valence-corrected chi connectivity index (χ2v) is 8.66. The van der Waals surface area contributed by atoms with Crippen molar-refractivity contribution < 1.29 is 14.7 Å². The van der Waals surface area contributed by atoms with Crippen LogP contribution >= 0.6 is 0 Å². The van der Waals surface area contributed by atoms with Gasteiger partial charge in [0.1, 0.15) is 5.94 Å². The molecule has 0 saturated carbocycles. The van der Waals surface area contributed by atoms with E-state index in [2.05, 4.69) is 52.7 Å². The molecule has 2 aromatic rings. The number of carboxylic acids is 1. The molecule has 1 atom stereocenters. The summed E-state index contributed by atoms with van der Waals surface area (Å²) in [5.74, 6) is 1.53. The van der Waals surface area contributed by atoms with Gasteiger partial charge in [-0.05, 0) is 51.1 Å². The molecule has 28 heavy (non-hydrogen) atoms. The Kier molecular flexibility index (Phi) is 4.91. The van der Waals surface area contributed by atoms with E-state index in [1.165, 1.54) is 17.2 Å². The van der Waals surface area contributed by atoms with Gasteiger partial charge in [0.15, 0.2) is 0 Å². The third kappa shape index (κ3) is 3.12. The summed E-state index contributed by atoms with van der Waals surface area (Å²) in [6, 6.07) is 13.5. The Bertz CT molecular complexity index is 1020. The highest BCUT2D eigenvalue weighted by Gasteiger charge is 2.48. The van der Waals surface area contributed by atoms with Crippen LogP contribution in [0.4, 0.5) is 0 Å². The first kappa shape index (κ1) is 19.9. The van der Waals surface area contributed by atoms with E-state index in [-0.39, 0.29) is 10.8 Å². The third-order valence-electron chi connectivity index (χ3n) is 6.60. The average molecular weight is 374 g/mol. The first-order valence-electron chi connectivity index (χ1n) is 9.51. The Balaban J connectivity index is 2.15. The fraction of sp³-hybridized carbons (Fsp3) is 0.320. The van der Waals surface area contributed by atoms with Crippen LogP contribution < -0.4 is 0 Å². The highest BCUT2D eigenvalue weighted by molar-refractivity contribution is 6.00. The summed E-state index contributed by atoms with van der Waals surface area (Å²) >= 11 is 0. The van der Waals surface area contributed by atoms with Crippen molar-refractivity contribution in [1.29, 1.82) is 0 Å². The van der Waals surface area contributed by atoms with Crippen molar-refractivity contribution in [1.82, 2.24) is 0 Å². The standard InChI is InChI=1S/C25H26O3/c1-16-24(2,3)21-12-10-18(14-22(21)25(16,4)5)20(15-26)19-9-7-6-8-17(19)11-13-23(27)28/h6-14,16H,1-5H3,(H,27,28)/b13-11+. The van der Waals surface area contributed by atoms with E-state index in [1.807, 2.05) is 24.3 Å². The number of benzene rings is 2. The quantitative estimate of drug-likeness (QED) is 0.587. The van der Waals surface area contributed by atoms with E-state index < -0.39 is 5.97 Å². The van der Waals surface area contributed by atoms with Crippen LogP contribution in [0.1, 0.15) is 62.4 Å². The van der Waals surface area contributed by atoms with Gasteiger partial charge in [0.05, 0.1) is 5.57 Å². The number of carbonyl (C=O) groups is 1. The minimum absolute atomic E-state index is 0.00837. The molecule has 0 radical (unpaired) electrons. The molecule has 0 fully saturated rings. The molecule has 0 aliphatic heterocycles. The zero-order valence-corrected chi connectivity index (χ0v) is 17.0. The van der Waals surface area contributed by atoms with Crippen LogP contribution in [-0.4, -0.2) is 17.0 Å². The molecule has 0 aromatic heterocycles. The van der Waals surface area contributed by atoms with Crippen LogP contribution in [0.3, 0.4) is 0 Å². The van der Waals surface area contributed by atoms with Gasteiger partial charge in [0.25, 0.3) is 0 Å². The molecule has 0 bridgehead atoms. The largest absolute Gasteiger partial charge is 0.478 e. The number of hydrogen-bond acceptors (Lipinski definition) is 2. The van der Waals surface area contributed by atoms with E-state index in [0.717, 1.165) is 11.6 Å². The highest BCUT2D eigenvalue weighted by Crippen LogP contribution is 2.54. The van der Waals surface area contributed by atoms with Gasteiger partial charge in [0.2, 0.25) is 0 Å². The van der Waals surface area contributed by atoms with Gasteiger partial charge < -0.3 is 5.11 Å². The monoisotopic (exact) mass is 374 g/mol. The predicted octanol–water partition coefficient (Wildman–Crippen LogP) is 5.25. The van der Waals surface area contributed by atoms with Gasteiger partial charge >= 0.3 is 5.97 Å². The molecule has 0 saturated heterocycles. The van der Waals surface area contributed by atoms with Crippen molar-refractivity contribution in [2.75, 3.05) is 0 Å². The zero-order valence-electron chi connectivity index (χ0n) is 17.0. The maximum absolute atomic E-state index is 11.9. The van der Waals surface area contributed by atoms with E-state index in [0.29, 0.717) is 22.6 Å². The summed E-state index contributed by atoms with van der Waals surface area (Å²) in [5.41, 5.74) is 5.24. The van der Waals surface area contributed by atoms with E-state index in [1.54, 1.807) is 6.07 Å². The molecule has 3 rings (SSSR count). The maximum atomic E-state index is 11.9. The molecule has 1 unspecified atom stereocenters. The zero-order chi connectivity index (χ0) is 20.7. The van der Waals surface area contributed by atoms with Crippen LogP contribution in [0, 0.1) is 5.92 Å². The second kappa shape index (κ2) is 6.92. The van der Waals surface area contributed by atoms with Gasteiger partial charge in [-0.2, -0.15) is 0 Å². The first-order chi connectivity index (χ1) is 13.1. The molecule has 144 valence electrons. The lowest BCUT2D eigenvalue weighted by molar-refractivity contribution is -0.131. The van der Waals surface area contributed by atoms with Crippen LogP contribution in [-0.2, 0) is 20.4 Å². The lowest BCUT2D eigenvalue weighted by Gasteiger charge is -2.32. The summed E-state index contributed by atoms with van der Waals surface area (Å²) < 4.78 is 0. The Morgan fingerprint density at radius 1 is 1.04 bits per heavy atom. The lowest BCUT2D eigenvalue weighted by atomic mass is 9.71. The molecule has 0 spiro atoms. The molecule has 0 heterocycles. The van der Waals surface area contributed by atoms with Gasteiger partial charge in [-0.15, -0.1) is 0 Å². The van der Waals surface area contributed by atoms with Crippen molar-refractivity contribution >= 4 is 23.6 Å². The Morgan fingerprint density at radius 3 is 2.32 bits per heavy atom. The fourth-order valence-corrected chi connectivity index (χ4v) is 4.46. The fourth-order valence-electron chi connectivity index (χ4n) is 4.46. The van der Waals surface area contributed by atoms with Crippen molar-refractivity contribution in [3.05, 3.63) is 76.4 Å². The normalized spacial score (nSPS) is 19.2. The summed E-state index contributed by atoms with van der Waals surface area (Å²) in [6.45, 7) is 11.3. The molecule has 1 aliphatic rings.